The van der Waals surface area contributed by atoms with Crippen molar-refractivity contribution in [3.05, 3.63) is 41.5 Å². The smallest absolute Gasteiger partial charge is 0.298 e. The second-order valence-corrected chi connectivity index (χ2v) is 9.64. The Bertz CT molecular complexity index is 1330. The number of aromatic nitrogens is 4. The predicted octanol–water partition coefficient (Wildman–Crippen LogP) is 4.22. The highest BCUT2D eigenvalue weighted by atomic mass is 19.1. The minimum atomic E-state index is -0.389. The molecule has 0 amide bonds. The number of halogens is 1. The number of rotatable bonds is 2. The van der Waals surface area contributed by atoms with Gasteiger partial charge >= 0.3 is 0 Å². The molecule has 1 aromatic carbocycles. The van der Waals surface area contributed by atoms with E-state index < -0.39 is 0 Å². The molecule has 5 heterocycles. The minimum Gasteiger partial charge on any atom is -0.423 e. The third-order valence-corrected chi connectivity index (χ3v) is 7.19. The maximum Gasteiger partial charge on any atom is 0.298 e. The molecule has 3 aromatic heterocycles. The summed E-state index contributed by atoms with van der Waals surface area (Å²) in [6.07, 6.45) is 5.38. The summed E-state index contributed by atoms with van der Waals surface area (Å²) in [6.45, 7) is 8.05. The Morgan fingerprint density at radius 3 is 2.56 bits per heavy atom. The molecule has 6 rings (SSSR count). The first-order valence-corrected chi connectivity index (χ1v) is 11.3. The Hall–Kier alpha value is -3.00. The SMILES string of the molecule is Cc1cn2nc(-c3cc(F)c4nc(N5CCC6(CCN(C)C6)CC5)oc4c3)cc(C)c2n1. The van der Waals surface area contributed by atoms with Crippen molar-refractivity contribution in [1.29, 1.82) is 0 Å². The van der Waals surface area contributed by atoms with Crippen molar-refractivity contribution in [1.82, 2.24) is 24.5 Å². The maximum absolute atomic E-state index is 15.0. The van der Waals surface area contributed by atoms with Gasteiger partial charge in [-0.15, -0.1) is 0 Å². The molecule has 4 aromatic rings. The van der Waals surface area contributed by atoms with E-state index in [4.69, 9.17) is 4.42 Å². The molecule has 0 saturated carbocycles. The van der Waals surface area contributed by atoms with Crippen LogP contribution < -0.4 is 4.90 Å². The lowest BCUT2D eigenvalue weighted by Gasteiger charge is -2.38. The molecule has 0 aliphatic carbocycles. The molecule has 8 heteroatoms. The van der Waals surface area contributed by atoms with Gasteiger partial charge in [0.1, 0.15) is 5.52 Å². The number of fused-ring (bicyclic) bond motifs is 2. The molecular formula is C24H27FN6O. The highest BCUT2D eigenvalue weighted by molar-refractivity contribution is 5.81. The number of anilines is 1. The molecule has 0 N–H and O–H groups in total. The largest absolute Gasteiger partial charge is 0.423 e. The van der Waals surface area contributed by atoms with E-state index in [-0.39, 0.29) is 11.3 Å². The van der Waals surface area contributed by atoms with Gasteiger partial charge in [-0.05, 0) is 75.9 Å². The van der Waals surface area contributed by atoms with Crippen molar-refractivity contribution in [2.75, 3.05) is 38.1 Å². The average molecular weight is 435 g/mol. The van der Waals surface area contributed by atoms with Crippen LogP contribution in [0, 0.1) is 25.1 Å². The molecule has 0 radical (unpaired) electrons. The monoisotopic (exact) mass is 434 g/mol. The van der Waals surface area contributed by atoms with Crippen molar-refractivity contribution < 1.29 is 8.81 Å². The van der Waals surface area contributed by atoms with Gasteiger partial charge in [0.25, 0.3) is 6.01 Å². The van der Waals surface area contributed by atoms with Crippen LogP contribution in [0.25, 0.3) is 28.0 Å². The van der Waals surface area contributed by atoms with Gasteiger partial charge in [0.05, 0.1) is 17.6 Å². The number of oxazole rings is 1. The third-order valence-electron chi connectivity index (χ3n) is 7.19. The van der Waals surface area contributed by atoms with E-state index in [1.807, 2.05) is 32.2 Å². The van der Waals surface area contributed by atoms with Gasteiger partial charge in [-0.2, -0.15) is 10.1 Å². The maximum atomic E-state index is 15.0. The topological polar surface area (TPSA) is 62.7 Å². The fraction of sp³-hybridized carbons (Fsp3) is 0.458. The first kappa shape index (κ1) is 19.7. The number of nitrogens with zero attached hydrogens (tertiary/aromatic N) is 6. The van der Waals surface area contributed by atoms with E-state index in [1.54, 1.807) is 4.52 Å². The van der Waals surface area contributed by atoms with Gasteiger partial charge in [0.15, 0.2) is 17.0 Å². The minimum absolute atomic E-state index is 0.279. The Labute approximate surface area is 185 Å². The lowest BCUT2D eigenvalue weighted by atomic mass is 9.78. The second kappa shape index (κ2) is 7.00. The van der Waals surface area contributed by atoms with Crippen LogP contribution in [0.2, 0.25) is 0 Å². The molecule has 0 bridgehead atoms. The summed E-state index contributed by atoms with van der Waals surface area (Å²) in [5.74, 6) is -0.389. The van der Waals surface area contributed by atoms with Crippen LogP contribution in [0.4, 0.5) is 10.4 Å². The van der Waals surface area contributed by atoms with Crippen LogP contribution in [-0.4, -0.2) is 57.7 Å². The van der Waals surface area contributed by atoms with Crippen molar-refractivity contribution in [2.24, 2.45) is 5.41 Å². The average Bonchev–Trinajstić information content (AvgIpc) is 3.45. The highest BCUT2D eigenvalue weighted by Gasteiger charge is 2.40. The molecule has 7 nitrogen and oxygen atoms in total. The van der Waals surface area contributed by atoms with Gasteiger partial charge in [-0.1, -0.05) is 0 Å². The van der Waals surface area contributed by atoms with Crippen LogP contribution in [0.3, 0.4) is 0 Å². The van der Waals surface area contributed by atoms with E-state index in [0.717, 1.165) is 42.8 Å². The molecule has 166 valence electrons. The Kier molecular flexibility index (Phi) is 4.30. The van der Waals surface area contributed by atoms with Crippen LogP contribution >= 0.6 is 0 Å². The van der Waals surface area contributed by atoms with E-state index >= 15 is 4.39 Å². The van der Waals surface area contributed by atoms with E-state index in [1.165, 1.54) is 25.6 Å². The van der Waals surface area contributed by atoms with Crippen molar-refractivity contribution in [3.63, 3.8) is 0 Å². The number of aryl methyl sites for hydroxylation is 2. The van der Waals surface area contributed by atoms with E-state index in [0.29, 0.717) is 28.3 Å². The number of piperidine rings is 1. The normalized spacial score (nSPS) is 19.1. The number of imidazole rings is 1. The number of hydrogen-bond donors (Lipinski definition) is 0. The third kappa shape index (κ3) is 3.16. The zero-order chi connectivity index (χ0) is 22.0. The van der Waals surface area contributed by atoms with Gasteiger partial charge < -0.3 is 14.2 Å². The molecule has 1 spiro atoms. The molecule has 2 fully saturated rings. The summed E-state index contributed by atoms with van der Waals surface area (Å²) in [5.41, 5.74) is 5.19. The highest BCUT2D eigenvalue weighted by Crippen LogP contribution is 2.41. The molecule has 32 heavy (non-hydrogen) atoms. The quantitative estimate of drug-likeness (QED) is 0.471. The van der Waals surface area contributed by atoms with Crippen molar-refractivity contribution >= 4 is 22.8 Å². The summed E-state index contributed by atoms with van der Waals surface area (Å²) in [7, 11) is 2.20. The molecular weight excluding hydrogens is 407 g/mol. The van der Waals surface area contributed by atoms with Crippen LogP contribution in [0.5, 0.6) is 0 Å². The lowest BCUT2D eigenvalue weighted by molar-refractivity contribution is 0.219. The zero-order valence-electron chi connectivity index (χ0n) is 18.7. The van der Waals surface area contributed by atoms with Crippen molar-refractivity contribution in [2.45, 2.75) is 33.1 Å². The van der Waals surface area contributed by atoms with Crippen LogP contribution in [0.1, 0.15) is 30.5 Å². The summed E-state index contributed by atoms with van der Waals surface area (Å²) in [4.78, 5) is 13.6. The molecule has 2 aliphatic rings. The summed E-state index contributed by atoms with van der Waals surface area (Å²) in [5, 5.41) is 4.63. The van der Waals surface area contributed by atoms with E-state index in [9.17, 15) is 0 Å². The first-order valence-electron chi connectivity index (χ1n) is 11.3. The fourth-order valence-electron chi connectivity index (χ4n) is 5.39. The van der Waals surface area contributed by atoms with Crippen LogP contribution in [0.15, 0.2) is 28.8 Å². The van der Waals surface area contributed by atoms with Gasteiger partial charge in [-0.3, -0.25) is 0 Å². The van der Waals surface area contributed by atoms with E-state index in [2.05, 4.69) is 31.9 Å². The van der Waals surface area contributed by atoms with Crippen LogP contribution in [-0.2, 0) is 0 Å². The summed E-state index contributed by atoms with van der Waals surface area (Å²) < 4.78 is 22.8. The zero-order valence-corrected chi connectivity index (χ0v) is 18.7. The lowest BCUT2D eigenvalue weighted by Crippen LogP contribution is -2.41. The fourth-order valence-corrected chi connectivity index (χ4v) is 5.39. The Balaban J connectivity index is 1.32. The van der Waals surface area contributed by atoms with Gasteiger partial charge in [0.2, 0.25) is 0 Å². The summed E-state index contributed by atoms with van der Waals surface area (Å²) in [6, 6.07) is 5.78. The number of likely N-dealkylation sites (tertiary alicyclic amines) is 1. The first-order chi connectivity index (χ1) is 15.4. The number of hydrogen-bond acceptors (Lipinski definition) is 6. The standard InChI is InChI=1S/C24H27FN6O/c1-15-10-19(28-31-13-16(2)26-22(15)31)17-11-18(25)21-20(12-17)32-23(27-21)30-8-5-24(6-9-30)4-7-29(3)14-24/h10-13H,4-9,14H2,1-3H3. The molecule has 2 saturated heterocycles. The van der Waals surface area contributed by atoms with Gasteiger partial charge in [-0.25, -0.2) is 13.9 Å². The molecule has 0 unspecified atom stereocenters. The predicted molar refractivity (Wildman–Crippen MR) is 121 cm³/mol. The second-order valence-electron chi connectivity index (χ2n) is 9.64. The summed E-state index contributed by atoms with van der Waals surface area (Å²) >= 11 is 0. The Morgan fingerprint density at radius 1 is 1.03 bits per heavy atom. The van der Waals surface area contributed by atoms with Crippen molar-refractivity contribution in [3.8, 4) is 11.3 Å². The number of benzene rings is 1. The molecule has 0 atom stereocenters. The molecule has 2 aliphatic heterocycles. The Morgan fingerprint density at radius 2 is 1.81 bits per heavy atom. The van der Waals surface area contributed by atoms with Gasteiger partial charge in [0, 0.05) is 25.2 Å².